The Bertz CT molecular complexity index is 489. The molecule has 0 radical (unpaired) electrons. The molecule has 0 spiro atoms. The van der Waals surface area contributed by atoms with Crippen LogP contribution >= 0.6 is 0 Å². The molecule has 1 N–H and O–H groups in total. The second-order valence-electron chi connectivity index (χ2n) is 5.08. The Hall–Kier alpha value is -2.04. The maximum atomic E-state index is 12.0. The molecule has 0 bridgehead atoms. The number of hydrogen-bond acceptors (Lipinski definition) is 4. The zero-order chi connectivity index (χ0) is 14.6. The molecule has 0 aliphatic rings. The number of nitrogens with one attached hydrogen (secondary N) is 1. The third-order valence-corrected chi connectivity index (χ3v) is 2.64. The molecule has 0 aromatic heterocycles. The lowest BCUT2D eigenvalue weighted by molar-refractivity contribution is -0.123. The average molecular weight is 265 g/mol. The minimum absolute atomic E-state index is 0.206. The van der Waals surface area contributed by atoms with E-state index in [-0.39, 0.29) is 11.5 Å². The fourth-order valence-corrected chi connectivity index (χ4v) is 1.48. The topological polar surface area (TPSA) is 64.6 Å². The molecule has 0 saturated heterocycles. The highest BCUT2D eigenvalue weighted by atomic mass is 16.5. The molecule has 1 aromatic rings. The standard InChI is InChI=1S/C14H19NO4/c1-14(2,3)13(17)15-12-9(8-16)10(18-4)6-7-11(12)19-5/h6-8H,1-5H3,(H,15,17). The molecule has 0 atom stereocenters. The first-order chi connectivity index (χ1) is 8.85. The van der Waals surface area contributed by atoms with Gasteiger partial charge in [-0.1, -0.05) is 20.8 Å². The van der Waals surface area contributed by atoms with Gasteiger partial charge in [0, 0.05) is 5.41 Å². The average Bonchev–Trinajstić information content (AvgIpc) is 2.36. The van der Waals surface area contributed by atoms with Crippen LogP contribution in [0.1, 0.15) is 31.1 Å². The van der Waals surface area contributed by atoms with Crippen LogP contribution in [0.3, 0.4) is 0 Å². The molecular weight excluding hydrogens is 246 g/mol. The number of anilines is 1. The number of amides is 1. The molecular formula is C14H19NO4. The van der Waals surface area contributed by atoms with E-state index >= 15 is 0 Å². The van der Waals surface area contributed by atoms with Crippen LogP contribution in [0.4, 0.5) is 5.69 Å². The summed E-state index contributed by atoms with van der Waals surface area (Å²) in [6, 6.07) is 3.26. The largest absolute Gasteiger partial charge is 0.496 e. The molecule has 1 aromatic carbocycles. The number of ether oxygens (including phenoxy) is 2. The quantitative estimate of drug-likeness (QED) is 0.849. The molecule has 5 heteroatoms. The highest BCUT2D eigenvalue weighted by Gasteiger charge is 2.24. The normalized spacial score (nSPS) is 10.8. The van der Waals surface area contributed by atoms with Crippen LogP contribution < -0.4 is 14.8 Å². The van der Waals surface area contributed by atoms with Crippen molar-refractivity contribution < 1.29 is 19.1 Å². The third-order valence-electron chi connectivity index (χ3n) is 2.64. The highest BCUT2D eigenvalue weighted by molar-refractivity contribution is 6.02. The number of benzene rings is 1. The third kappa shape index (κ3) is 3.24. The van der Waals surface area contributed by atoms with Crippen LogP contribution in [0.5, 0.6) is 11.5 Å². The smallest absolute Gasteiger partial charge is 0.229 e. The zero-order valence-corrected chi connectivity index (χ0v) is 11.9. The lowest BCUT2D eigenvalue weighted by Crippen LogP contribution is -2.28. The van der Waals surface area contributed by atoms with Crippen molar-refractivity contribution >= 4 is 17.9 Å². The molecule has 0 fully saturated rings. The molecule has 0 heterocycles. The molecule has 0 saturated carbocycles. The molecule has 0 aliphatic heterocycles. The van der Waals surface area contributed by atoms with Crippen molar-refractivity contribution in [3.63, 3.8) is 0 Å². The maximum absolute atomic E-state index is 12.0. The van der Waals surface area contributed by atoms with Crippen LogP contribution in [0.25, 0.3) is 0 Å². The maximum Gasteiger partial charge on any atom is 0.229 e. The SMILES string of the molecule is COc1ccc(OC)c(NC(=O)C(C)(C)C)c1C=O. The van der Waals surface area contributed by atoms with E-state index < -0.39 is 5.41 Å². The van der Waals surface area contributed by atoms with E-state index in [9.17, 15) is 9.59 Å². The van der Waals surface area contributed by atoms with Gasteiger partial charge in [0.1, 0.15) is 11.5 Å². The van der Waals surface area contributed by atoms with E-state index in [1.165, 1.54) is 14.2 Å². The first kappa shape index (κ1) is 15.0. The fourth-order valence-electron chi connectivity index (χ4n) is 1.48. The summed E-state index contributed by atoms with van der Waals surface area (Å²) in [6.45, 7) is 5.36. The van der Waals surface area contributed by atoms with Crippen LogP contribution in [-0.4, -0.2) is 26.4 Å². The number of methoxy groups -OCH3 is 2. The van der Waals surface area contributed by atoms with Crippen LogP contribution in [0.15, 0.2) is 12.1 Å². The highest BCUT2D eigenvalue weighted by Crippen LogP contribution is 2.35. The fraction of sp³-hybridized carbons (Fsp3) is 0.429. The summed E-state index contributed by atoms with van der Waals surface area (Å²) < 4.78 is 10.3. The Kier molecular flexibility index (Phi) is 4.53. The van der Waals surface area contributed by atoms with Crippen molar-refractivity contribution in [2.24, 2.45) is 5.41 Å². The first-order valence-electron chi connectivity index (χ1n) is 5.86. The second-order valence-corrected chi connectivity index (χ2v) is 5.08. The van der Waals surface area contributed by atoms with Crippen molar-refractivity contribution in [2.75, 3.05) is 19.5 Å². The predicted molar refractivity (Wildman–Crippen MR) is 73.0 cm³/mol. The van der Waals surface area contributed by atoms with Gasteiger partial charge in [0.25, 0.3) is 0 Å². The molecule has 104 valence electrons. The molecule has 5 nitrogen and oxygen atoms in total. The first-order valence-corrected chi connectivity index (χ1v) is 5.86. The Morgan fingerprint density at radius 1 is 1.16 bits per heavy atom. The Balaban J connectivity index is 3.30. The number of carbonyl (C=O) groups is 2. The lowest BCUT2D eigenvalue weighted by atomic mass is 9.95. The molecule has 19 heavy (non-hydrogen) atoms. The Morgan fingerprint density at radius 3 is 2.11 bits per heavy atom. The van der Waals surface area contributed by atoms with Gasteiger partial charge in [0.2, 0.25) is 5.91 Å². The number of hydrogen-bond donors (Lipinski definition) is 1. The van der Waals surface area contributed by atoms with E-state index in [2.05, 4.69) is 5.32 Å². The van der Waals surface area contributed by atoms with E-state index in [0.29, 0.717) is 23.5 Å². The van der Waals surface area contributed by atoms with Gasteiger partial charge in [-0.05, 0) is 12.1 Å². The van der Waals surface area contributed by atoms with Gasteiger partial charge in [0.05, 0.1) is 25.5 Å². The number of rotatable bonds is 4. The van der Waals surface area contributed by atoms with Gasteiger partial charge in [-0.15, -0.1) is 0 Å². The minimum Gasteiger partial charge on any atom is -0.496 e. The van der Waals surface area contributed by atoms with E-state index in [1.807, 2.05) is 0 Å². The second kappa shape index (κ2) is 5.73. The summed E-state index contributed by atoms with van der Waals surface area (Å²) in [5, 5.41) is 2.72. The zero-order valence-electron chi connectivity index (χ0n) is 11.9. The van der Waals surface area contributed by atoms with Gasteiger partial charge in [-0.2, -0.15) is 0 Å². The van der Waals surface area contributed by atoms with Crippen LogP contribution in [0, 0.1) is 5.41 Å². The predicted octanol–water partition coefficient (Wildman–Crippen LogP) is 2.50. The van der Waals surface area contributed by atoms with Gasteiger partial charge in [-0.25, -0.2) is 0 Å². The minimum atomic E-state index is -0.575. The molecule has 0 aliphatic carbocycles. The number of aldehydes is 1. The van der Waals surface area contributed by atoms with Crippen molar-refractivity contribution in [1.82, 2.24) is 0 Å². The monoisotopic (exact) mass is 265 g/mol. The summed E-state index contributed by atoms with van der Waals surface area (Å²) in [5.41, 5.74) is 0.0186. The number of carbonyl (C=O) groups excluding carboxylic acids is 2. The van der Waals surface area contributed by atoms with E-state index in [0.717, 1.165) is 0 Å². The summed E-state index contributed by atoms with van der Waals surface area (Å²) >= 11 is 0. The van der Waals surface area contributed by atoms with E-state index in [1.54, 1.807) is 32.9 Å². The van der Waals surface area contributed by atoms with Crippen molar-refractivity contribution in [3.8, 4) is 11.5 Å². The van der Waals surface area contributed by atoms with Crippen molar-refractivity contribution in [2.45, 2.75) is 20.8 Å². The lowest BCUT2D eigenvalue weighted by Gasteiger charge is -2.20. The Labute approximate surface area is 112 Å². The van der Waals surface area contributed by atoms with Gasteiger partial charge >= 0.3 is 0 Å². The summed E-state index contributed by atoms with van der Waals surface area (Å²) in [4.78, 5) is 23.3. The van der Waals surface area contributed by atoms with Crippen LogP contribution in [0.2, 0.25) is 0 Å². The summed E-state index contributed by atoms with van der Waals surface area (Å²) in [6.07, 6.45) is 0.639. The van der Waals surface area contributed by atoms with E-state index in [4.69, 9.17) is 9.47 Å². The molecule has 1 amide bonds. The summed E-state index contributed by atoms with van der Waals surface area (Å²) in [7, 11) is 2.94. The molecule has 0 unspecified atom stereocenters. The van der Waals surface area contributed by atoms with Gasteiger partial charge in [-0.3, -0.25) is 9.59 Å². The van der Waals surface area contributed by atoms with Crippen molar-refractivity contribution in [3.05, 3.63) is 17.7 Å². The Morgan fingerprint density at radius 2 is 1.68 bits per heavy atom. The van der Waals surface area contributed by atoms with Crippen LogP contribution in [-0.2, 0) is 4.79 Å². The van der Waals surface area contributed by atoms with Crippen molar-refractivity contribution in [1.29, 1.82) is 0 Å². The molecule has 1 rings (SSSR count). The summed E-state index contributed by atoms with van der Waals surface area (Å²) in [5.74, 6) is 0.600. The van der Waals surface area contributed by atoms with Gasteiger partial charge in [0.15, 0.2) is 6.29 Å². The van der Waals surface area contributed by atoms with Gasteiger partial charge < -0.3 is 14.8 Å².